The van der Waals surface area contributed by atoms with E-state index in [1.165, 1.54) is 12.3 Å². The summed E-state index contributed by atoms with van der Waals surface area (Å²) in [5.41, 5.74) is 1.93. The maximum atomic E-state index is 12.4. The molecular weight excluding hydrogens is 415 g/mol. The van der Waals surface area contributed by atoms with Gasteiger partial charge in [0.05, 0.1) is 23.0 Å². The van der Waals surface area contributed by atoms with Gasteiger partial charge in [0.15, 0.2) is 11.8 Å². The number of thioether (sulfide) groups is 1. The molecule has 6 nitrogen and oxygen atoms in total. The molecule has 1 aromatic carbocycles. The van der Waals surface area contributed by atoms with Crippen LogP contribution < -0.4 is 4.74 Å². The van der Waals surface area contributed by atoms with Gasteiger partial charge in [0.1, 0.15) is 5.75 Å². The fourth-order valence-corrected chi connectivity index (χ4v) is 4.88. The number of nitrogens with zero attached hydrogens (tertiary/aromatic N) is 3. The number of fused-ring (bicyclic) bond motifs is 1. The van der Waals surface area contributed by atoms with Crippen LogP contribution in [0, 0.1) is 6.92 Å². The molecule has 0 fully saturated rings. The lowest BCUT2D eigenvalue weighted by Gasteiger charge is -2.13. The highest BCUT2D eigenvalue weighted by Gasteiger charge is 2.29. The quantitative estimate of drug-likeness (QED) is 0.553. The minimum Gasteiger partial charge on any atom is -0.484 e. The summed E-state index contributed by atoms with van der Waals surface area (Å²) in [6, 6.07) is 8.19. The van der Waals surface area contributed by atoms with E-state index in [1.807, 2.05) is 0 Å². The fraction of sp³-hybridized carbons (Fsp3) is 0.294. The number of ether oxygens (including phenoxy) is 1. The van der Waals surface area contributed by atoms with E-state index >= 15 is 0 Å². The molecule has 28 heavy (non-hydrogen) atoms. The highest BCUT2D eigenvalue weighted by molar-refractivity contribution is 7.99. The van der Waals surface area contributed by atoms with Crippen LogP contribution in [0.4, 0.5) is 13.2 Å². The molecule has 150 valence electrons. The van der Waals surface area contributed by atoms with Crippen molar-refractivity contribution in [3.8, 4) is 5.75 Å². The van der Waals surface area contributed by atoms with E-state index in [9.17, 15) is 21.6 Å². The van der Waals surface area contributed by atoms with E-state index in [0.29, 0.717) is 22.3 Å². The first-order chi connectivity index (χ1) is 13.1. The van der Waals surface area contributed by atoms with E-state index in [1.54, 1.807) is 31.2 Å². The van der Waals surface area contributed by atoms with Crippen molar-refractivity contribution in [3.05, 3.63) is 47.8 Å². The van der Waals surface area contributed by atoms with Crippen LogP contribution in [0.5, 0.6) is 5.75 Å². The number of hydrogen-bond acceptors (Lipinski definition) is 6. The van der Waals surface area contributed by atoms with Gasteiger partial charge in [-0.25, -0.2) is 17.4 Å². The molecule has 3 aromatic rings. The minimum absolute atomic E-state index is 0.0829. The van der Waals surface area contributed by atoms with Crippen molar-refractivity contribution >= 4 is 32.8 Å². The summed E-state index contributed by atoms with van der Waals surface area (Å²) in [7, 11) is -3.60. The van der Waals surface area contributed by atoms with Gasteiger partial charge in [0.25, 0.3) is 0 Å². The number of hydrogen-bond donors (Lipinski definition) is 0. The number of halogens is 3. The summed E-state index contributed by atoms with van der Waals surface area (Å²) in [4.78, 5) is 8.53. The largest absolute Gasteiger partial charge is 0.484 e. The molecule has 0 aliphatic rings. The number of para-hydroxylation sites is 2. The standard InChI is InChI=1S/C17H16F3N3O3S2/c1-11-13(21-8-7-15(11)26-10-17(18,19)20)9-27-16-22-12-5-3-4-6-14(12)23(16)28(2,24)25/h3-8H,9-10H2,1-2H3. The highest BCUT2D eigenvalue weighted by Crippen LogP contribution is 2.30. The monoisotopic (exact) mass is 431 g/mol. The first-order valence-electron chi connectivity index (χ1n) is 8.01. The smallest absolute Gasteiger partial charge is 0.422 e. The van der Waals surface area contributed by atoms with Crippen molar-refractivity contribution in [2.45, 2.75) is 24.0 Å². The van der Waals surface area contributed by atoms with E-state index in [0.717, 1.165) is 22.0 Å². The summed E-state index contributed by atoms with van der Waals surface area (Å²) < 4.78 is 67.6. The van der Waals surface area contributed by atoms with Gasteiger partial charge in [-0.1, -0.05) is 23.9 Å². The number of imidazole rings is 1. The van der Waals surface area contributed by atoms with Crippen molar-refractivity contribution in [2.24, 2.45) is 0 Å². The topological polar surface area (TPSA) is 74.1 Å². The van der Waals surface area contributed by atoms with E-state index in [4.69, 9.17) is 4.74 Å². The van der Waals surface area contributed by atoms with Crippen LogP contribution in [0.15, 0.2) is 41.7 Å². The SMILES string of the molecule is Cc1c(OCC(F)(F)F)ccnc1CSc1nc2ccccc2n1S(C)(=O)=O. The number of pyridine rings is 1. The second-order valence-corrected chi connectivity index (χ2v) is 8.76. The summed E-state index contributed by atoms with van der Waals surface area (Å²) in [5.74, 6) is 0.299. The Balaban J connectivity index is 1.87. The van der Waals surface area contributed by atoms with Gasteiger partial charge < -0.3 is 4.74 Å². The molecule has 2 aromatic heterocycles. The van der Waals surface area contributed by atoms with Crippen molar-refractivity contribution in [2.75, 3.05) is 12.9 Å². The van der Waals surface area contributed by atoms with Crippen molar-refractivity contribution < 1.29 is 26.3 Å². The Morgan fingerprint density at radius 1 is 1.21 bits per heavy atom. The second kappa shape index (κ2) is 7.63. The van der Waals surface area contributed by atoms with Gasteiger partial charge in [-0.15, -0.1) is 0 Å². The molecule has 11 heteroatoms. The molecule has 2 heterocycles. The molecule has 0 N–H and O–H groups in total. The molecule has 0 bridgehead atoms. The van der Waals surface area contributed by atoms with Gasteiger partial charge in [-0.3, -0.25) is 4.98 Å². The Morgan fingerprint density at radius 2 is 1.93 bits per heavy atom. The second-order valence-electron chi connectivity index (χ2n) is 5.98. The zero-order valence-corrected chi connectivity index (χ0v) is 16.5. The molecule has 0 saturated heterocycles. The lowest BCUT2D eigenvalue weighted by Crippen LogP contribution is -2.19. The third kappa shape index (κ3) is 4.58. The van der Waals surface area contributed by atoms with Gasteiger partial charge in [-0.05, 0) is 25.1 Å². The van der Waals surface area contributed by atoms with Crippen molar-refractivity contribution in [1.29, 1.82) is 0 Å². The predicted octanol–water partition coefficient (Wildman–Crippen LogP) is 3.78. The Hall–Kier alpha value is -2.27. The fourth-order valence-electron chi connectivity index (χ4n) is 2.55. The summed E-state index contributed by atoms with van der Waals surface area (Å²) in [5, 5.41) is 0.256. The van der Waals surface area contributed by atoms with E-state index in [-0.39, 0.29) is 16.7 Å². The minimum atomic E-state index is -4.44. The van der Waals surface area contributed by atoms with Crippen LogP contribution in [0.2, 0.25) is 0 Å². The van der Waals surface area contributed by atoms with Crippen LogP contribution >= 0.6 is 11.8 Å². The van der Waals surface area contributed by atoms with Gasteiger partial charge in [0.2, 0.25) is 10.0 Å². The van der Waals surface area contributed by atoms with E-state index < -0.39 is 22.8 Å². The average molecular weight is 431 g/mol. The van der Waals surface area contributed by atoms with Crippen molar-refractivity contribution in [3.63, 3.8) is 0 Å². The predicted molar refractivity (Wildman–Crippen MR) is 100 cm³/mol. The van der Waals surface area contributed by atoms with Crippen LogP contribution in [0.25, 0.3) is 11.0 Å². The van der Waals surface area contributed by atoms with Crippen molar-refractivity contribution in [1.82, 2.24) is 13.9 Å². The molecule has 0 radical (unpaired) electrons. The van der Waals surface area contributed by atoms with Gasteiger partial charge in [0, 0.05) is 17.5 Å². The molecule has 0 saturated carbocycles. The first-order valence-corrected chi connectivity index (χ1v) is 10.8. The number of alkyl halides is 3. The molecule has 0 amide bonds. The lowest BCUT2D eigenvalue weighted by atomic mass is 10.2. The Labute approximate surface area is 163 Å². The van der Waals surface area contributed by atoms with Crippen LogP contribution in [0.1, 0.15) is 11.3 Å². The molecule has 0 spiro atoms. The number of benzene rings is 1. The van der Waals surface area contributed by atoms with E-state index in [2.05, 4.69) is 9.97 Å². The van der Waals surface area contributed by atoms with Crippen LogP contribution in [-0.2, 0) is 15.8 Å². The maximum Gasteiger partial charge on any atom is 0.422 e. The molecule has 0 aliphatic carbocycles. The number of rotatable bonds is 6. The van der Waals surface area contributed by atoms with Gasteiger partial charge >= 0.3 is 6.18 Å². The lowest BCUT2D eigenvalue weighted by molar-refractivity contribution is -0.153. The molecule has 0 atom stereocenters. The third-order valence-corrected chi connectivity index (χ3v) is 5.91. The molecule has 3 rings (SSSR count). The zero-order chi connectivity index (χ0) is 20.5. The summed E-state index contributed by atoms with van der Waals surface area (Å²) in [6.45, 7) is 0.211. The summed E-state index contributed by atoms with van der Waals surface area (Å²) >= 11 is 1.13. The molecule has 0 aliphatic heterocycles. The van der Waals surface area contributed by atoms with Crippen LogP contribution in [-0.4, -0.2) is 41.4 Å². The first kappa shape index (κ1) is 20.5. The molecule has 0 unspecified atom stereocenters. The Kier molecular flexibility index (Phi) is 5.57. The third-order valence-electron chi connectivity index (χ3n) is 3.81. The number of aromatic nitrogens is 3. The normalized spacial score (nSPS) is 12.5. The maximum absolute atomic E-state index is 12.4. The molecular formula is C17H16F3N3O3S2. The summed E-state index contributed by atoms with van der Waals surface area (Å²) in [6.07, 6.45) is -2.00. The Bertz CT molecular complexity index is 1110. The zero-order valence-electron chi connectivity index (χ0n) is 14.9. The Morgan fingerprint density at radius 3 is 2.61 bits per heavy atom. The van der Waals surface area contributed by atoms with Crippen LogP contribution in [0.3, 0.4) is 0 Å². The van der Waals surface area contributed by atoms with Gasteiger partial charge in [-0.2, -0.15) is 13.2 Å². The average Bonchev–Trinajstić information content (AvgIpc) is 2.97. The highest BCUT2D eigenvalue weighted by atomic mass is 32.2.